The van der Waals surface area contributed by atoms with E-state index in [0.717, 1.165) is 0 Å². The Labute approximate surface area is 70.4 Å². The number of ketones is 1. The lowest BCUT2D eigenvalue weighted by molar-refractivity contribution is 0.0938. The van der Waals surface area contributed by atoms with E-state index in [4.69, 9.17) is 0 Å². The molecule has 3 nitrogen and oxygen atoms in total. The first-order chi connectivity index (χ1) is 5.63. The van der Waals surface area contributed by atoms with Gasteiger partial charge in [0.1, 0.15) is 0 Å². The Bertz CT molecular complexity index is 338. The molecule has 0 saturated carbocycles. The van der Waals surface area contributed by atoms with Gasteiger partial charge >= 0.3 is 0 Å². The van der Waals surface area contributed by atoms with E-state index in [-0.39, 0.29) is 22.7 Å². The van der Waals surface area contributed by atoms with E-state index >= 15 is 0 Å². The number of hydrogen-bond donors (Lipinski definition) is 1. The molecule has 0 aliphatic carbocycles. The van der Waals surface area contributed by atoms with Gasteiger partial charge in [0.25, 0.3) is 0 Å². The van der Waals surface area contributed by atoms with Crippen LogP contribution < -0.4 is 5.43 Å². The van der Waals surface area contributed by atoms with Crippen LogP contribution in [0.5, 0.6) is 0 Å². The smallest absolute Gasteiger partial charge is 0.192 e. The highest BCUT2D eigenvalue weighted by Crippen LogP contribution is 2.01. The van der Waals surface area contributed by atoms with Crippen molar-refractivity contribution in [2.24, 2.45) is 5.92 Å². The molecule has 1 aromatic heterocycles. The number of aromatic nitrogens is 1. The minimum absolute atomic E-state index is 0.114. The van der Waals surface area contributed by atoms with E-state index in [9.17, 15) is 9.59 Å². The minimum Gasteiger partial charge on any atom is -0.367 e. The van der Waals surface area contributed by atoms with E-state index in [2.05, 4.69) is 4.98 Å². The molecule has 0 aromatic carbocycles. The third-order valence-corrected chi connectivity index (χ3v) is 1.61. The van der Waals surface area contributed by atoms with Gasteiger partial charge in [0.2, 0.25) is 0 Å². The number of H-pyrrole nitrogens is 1. The summed E-state index contributed by atoms with van der Waals surface area (Å²) in [5.74, 6) is -0.245. The first kappa shape index (κ1) is 8.71. The third kappa shape index (κ3) is 1.61. The van der Waals surface area contributed by atoms with Crippen LogP contribution in [0.4, 0.5) is 0 Å². The quantitative estimate of drug-likeness (QED) is 0.670. The van der Waals surface area contributed by atoms with E-state index in [1.54, 1.807) is 13.8 Å². The monoisotopic (exact) mass is 165 g/mol. The summed E-state index contributed by atoms with van der Waals surface area (Å²) in [7, 11) is 0. The molecule has 0 saturated heterocycles. The fourth-order valence-corrected chi connectivity index (χ4v) is 0.920. The van der Waals surface area contributed by atoms with Gasteiger partial charge in [-0.3, -0.25) is 9.59 Å². The molecule has 12 heavy (non-hydrogen) atoms. The Balaban J connectivity index is 3.12. The molecule has 0 aliphatic heterocycles. The number of nitrogens with one attached hydrogen (secondary N) is 1. The molecular weight excluding hydrogens is 154 g/mol. The van der Waals surface area contributed by atoms with Crippen molar-refractivity contribution in [1.29, 1.82) is 0 Å². The predicted octanol–water partition coefficient (Wildman–Crippen LogP) is 1.21. The van der Waals surface area contributed by atoms with Gasteiger partial charge in [-0.25, -0.2) is 0 Å². The second-order valence-corrected chi connectivity index (χ2v) is 2.94. The topological polar surface area (TPSA) is 49.9 Å². The second kappa shape index (κ2) is 3.34. The summed E-state index contributed by atoms with van der Waals surface area (Å²) in [6, 6.07) is 1.36. The van der Waals surface area contributed by atoms with Gasteiger partial charge in [0, 0.05) is 24.4 Å². The van der Waals surface area contributed by atoms with Crippen molar-refractivity contribution in [3.05, 3.63) is 34.2 Å². The molecule has 1 aromatic rings. The molecule has 0 spiro atoms. The van der Waals surface area contributed by atoms with Crippen LogP contribution in [0.2, 0.25) is 0 Å². The van der Waals surface area contributed by atoms with Gasteiger partial charge < -0.3 is 4.98 Å². The Hall–Kier alpha value is -1.38. The van der Waals surface area contributed by atoms with Crippen molar-refractivity contribution in [3.8, 4) is 0 Å². The van der Waals surface area contributed by atoms with E-state index in [1.807, 2.05) is 0 Å². The molecule has 0 aliphatic rings. The zero-order valence-corrected chi connectivity index (χ0v) is 7.13. The van der Waals surface area contributed by atoms with Crippen molar-refractivity contribution in [3.63, 3.8) is 0 Å². The molecule has 1 heterocycles. The van der Waals surface area contributed by atoms with Crippen LogP contribution in [0.15, 0.2) is 23.3 Å². The van der Waals surface area contributed by atoms with Crippen LogP contribution in [-0.4, -0.2) is 10.8 Å². The van der Waals surface area contributed by atoms with E-state index in [1.165, 1.54) is 18.5 Å². The highest BCUT2D eigenvalue weighted by atomic mass is 16.1. The Morgan fingerprint density at radius 2 is 2.17 bits per heavy atom. The number of Topliss-reactive ketones (excluding diaryl/α,β-unsaturated/α-hetero) is 1. The Kier molecular flexibility index (Phi) is 2.43. The first-order valence-corrected chi connectivity index (χ1v) is 3.84. The molecule has 0 amide bonds. The fraction of sp³-hybridized carbons (Fsp3) is 0.333. The summed E-state index contributed by atoms with van der Waals surface area (Å²) in [5.41, 5.74) is 0.0277. The van der Waals surface area contributed by atoms with Crippen LogP contribution >= 0.6 is 0 Å². The van der Waals surface area contributed by atoms with Gasteiger partial charge in [0.05, 0.1) is 5.56 Å². The van der Waals surface area contributed by atoms with Crippen molar-refractivity contribution in [2.45, 2.75) is 13.8 Å². The standard InChI is InChI=1S/C9H11NO2/c1-6(2)9(12)7-5-10-4-3-8(7)11/h3-6H,1-2H3,(H,10,11). The lowest BCUT2D eigenvalue weighted by Gasteiger charge is -2.01. The summed E-state index contributed by atoms with van der Waals surface area (Å²) in [5, 5.41) is 0. The maximum absolute atomic E-state index is 11.3. The third-order valence-electron chi connectivity index (χ3n) is 1.61. The summed E-state index contributed by atoms with van der Waals surface area (Å²) in [6.45, 7) is 3.55. The predicted molar refractivity (Wildman–Crippen MR) is 46.2 cm³/mol. The number of carbonyl (C=O) groups is 1. The van der Waals surface area contributed by atoms with Crippen LogP contribution in [-0.2, 0) is 0 Å². The SMILES string of the molecule is CC(C)C(=O)c1c[nH]ccc1=O. The molecule has 1 rings (SSSR count). The Morgan fingerprint density at radius 3 is 2.67 bits per heavy atom. The lowest BCUT2D eigenvalue weighted by Crippen LogP contribution is -2.18. The summed E-state index contributed by atoms with van der Waals surface area (Å²) in [6.07, 6.45) is 2.96. The summed E-state index contributed by atoms with van der Waals surface area (Å²) < 4.78 is 0. The maximum atomic E-state index is 11.3. The van der Waals surface area contributed by atoms with Gasteiger partial charge in [-0.05, 0) is 0 Å². The highest BCUT2D eigenvalue weighted by molar-refractivity contribution is 5.96. The van der Waals surface area contributed by atoms with Crippen molar-refractivity contribution in [1.82, 2.24) is 4.98 Å². The number of aromatic amines is 1. The molecule has 3 heteroatoms. The van der Waals surface area contributed by atoms with Gasteiger partial charge in [-0.1, -0.05) is 13.8 Å². The van der Waals surface area contributed by atoms with Crippen LogP contribution in [0.25, 0.3) is 0 Å². The highest BCUT2D eigenvalue weighted by Gasteiger charge is 2.12. The molecule has 0 bridgehead atoms. The van der Waals surface area contributed by atoms with Crippen LogP contribution in [0.3, 0.4) is 0 Å². The average molecular weight is 165 g/mol. The number of rotatable bonds is 2. The Morgan fingerprint density at radius 1 is 1.50 bits per heavy atom. The molecule has 0 atom stereocenters. The van der Waals surface area contributed by atoms with Crippen molar-refractivity contribution < 1.29 is 4.79 Å². The van der Waals surface area contributed by atoms with Gasteiger partial charge in [-0.2, -0.15) is 0 Å². The molecule has 1 N–H and O–H groups in total. The number of hydrogen-bond acceptors (Lipinski definition) is 2. The molecule has 0 unspecified atom stereocenters. The number of carbonyl (C=O) groups excluding carboxylic acids is 1. The second-order valence-electron chi connectivity index (χ2n) is 2.94. The lowest BCUT2D eigenvalue weighted by atomic mass is 10.0. The van der Waals surface area contributed by atoms with Gasteiger partial charge in [-0.15, -0.1) is 0 Å². The maximum Gasteiger partial charge on any atom is 0.192 e. The van der Waals surface area contributed by atoms with E-state index < -0.39 is 0 Å². The minimum atomic E-state index is -0.215. The zero-order chi connectivity index (χ0) is 9.14. The van der Waals surface area contributed by atoms with Crippen molar-refractivity contribution in [2.75, 3.05) is 0 Å². The molecule has 64 valence electrons. The summed E-state index contributed by atoms with van der Waals surface area (Å²) in [4.78, 5) is 25.2. The van der Waals surface area contributed by atoms with Crippen molar-refractivity contribution >= 4 is 5.78 Å². The van der Waals surface area contributed by atoms with Crippen LogP contribution in [0, 0.1) is 5.92 Å². The molecule has 0 radical (unpaired) electrons. The average Bonchev–Trinajstić information content (AvgIpc) is 2.04. The first-order valence-electron chi connectivity index (χ1n) is 3.84. The fourth-order valence-electron chi connectivity index (χ4n) is 0.920. The van der Waals surface area contributed by atoms with E-state index in [0.29, 0.717) is 0 Å². The summed E-state index contributed by atoms with van der Waals surface area (Å²) >= 11 is 0. The molecular formula is C9H11NO2. The largest absolute Gasteiger partial charge is 0.367 e. The zero-order valence-electron chi connectivity index (χ0n) is 7.13. The van der Waals surface area contributed by atoms with Crippen LogP contribution in [0.1, 0.15) is 24.2 Å². The normalized spacial score (nSPS) is 10.2. The molecule has 0 fully saturated rings. The number of pyridine rings is 1. The van der Waals surface area contributed by atoms with Gasteiger partial charge in [0.15, 0.2) is 11.2 Å².